The van der Waals surface area contributed by atoms with E-state index in [1.54, 1.807) is 17.5 Å². The molecule has 0 aliphatic carbocycles. The predicted octanol–water partition coefficient (Wildman–Crippen LogP) is 1.71. The summed E-state index contributed by atoms with van der Waals surface area (Å²) in [5.41, 5.74) is 3.69. The molecule has 2 rings (SSSR count). The third kappa shape index (κ3) is 1.89. The zero-order valence-electron chi connectivity index (χ0n) is 8.12. The van der Waals surface area contributed by atoms with Crippen LogP contribution >= 0.6 is 12.2 Å². The van der Waals surface area contributed by atoms with Crippen molar-refractivity contribution in [1.82, 2.24) is 5.43 Å². The molecule has 1 heterocycles. The van der Waals surface area contributed by atoms with E-state index < -0.39 is 0 Å². The van der Waals surface area contributed by atoms with Gasteiger partial charge in [-0.25, -0.2) is 5.01 Å². The maximum Gasteiger partial charge on any atom is 0.168 e. The van der Waals surface area contributed by atoms with Gasteiger partial charge in [0.05, 0.1) is 12.8 Å². The second kappa shape index (κ2) is 4.22. The van der Waals surface area contributed by atoms with E-state index in [-0.39, 0.29) is 6.17 Å². The number of hydrogen-bond acceptors (Lipinski definition) is 6. The Balaban J connectivity index is 2.21. The summed E-state index contributed by atoms with van der Waals surface area (Å²) in [5, 5.41) is 10.9. The smallest absolute Gasteiger partial charge is 0.168 e. The number of nitrogens with zero attached hydrogens (tertiary/aromatic N) is 3. The number of hydrogen-bond donors (Lipinski definition) is 1. The van der Waals surface area contributed by atoms with Crippen LogP contribution in [0.15, 0.2) is 34.7 Å². The quantitative estimate of drug-likeness (QED) is 0.791. The van der Waals surface area contributed by atoms with Gasteiger partial charge in [0.2, 0.25) is 0 Å². The van der Waals surface area contributed by atoms with Crippen molar-refractivity contribution in [3.05, 3.63) is 24.3 Å². The fourth-order valence-electron chi connectivity index (χ4n) is 1.28. The summed E-state index contributed by atoms with van der Waals surface area (Å²) in [5.74, 6) is 0.807. The first-order valence-corrected chi connectivity index (χ1v) is 4.87. The molecule has 6 heteroatoms. The van der Waals surface area contributed by atoms with Crippen molar-refractivity contribution in [2.24, 2.45) is 10.4 Å². The first-order chi connectivity index (χ1) is 7.35. The van der Waals surface area contributed by atoms with Gasteiger partial charge in [-0.05, 0) is 29.5 Å². The van der Waals surface area contributed by atoms with Crippen LogP contribution in [0.2, 0.25) is 0 Å². The Labute approximate surface area is 92.7 Å². The van der Waals surface area contributed by atoms with Crippen LogP contribution in [-0.4, -0.2) is 18.6 Å². The lowest BCUT2D eigenvalue weighted by Crippen LogP contribution is -2.35. The van der Waals surface area contributed by atoms with Gasteiger partial charge in [-0.1, -0.05) is 17.4 Å². The van der Waals surface area contributed by atoms with Gasteiger partial charge < -0.3 is 4.74 Å². The molecule has 0 radical (unpaired) electrons. The normalized spacial score (nSPS) is 18.7. The molecule has 0 saturated heterocycles. The number of nitrogens with one attached hydrogen (secondary N) is 1. The highest BCUT2D eigenvalue weighted by Gasteiger charge is 2.20. The molecule has 1 aromatic carbocycles. The molecule has 15 heavy (non-hydrogen) atoms. The Morgan fingerprint density at radius 2 is 2.20 bits per heavy atom. The molecule has 1 unspecified atom stereocenters. The van der Waals surface area contributed by atoms with E-state index in [4.69, 9.17) is 17.0 Å². The summed E-state index contributed by atoms with van der Waals surface area (Å²) in [6.45, 7) is 0. The molecule has 0 aromatic heterocycles. The molecule has 0 bridgehead atoms. The van der Waals surface area contributed by atoms with Gasteiger partial charge in [0, 0.05) is 5.37 Å². The Morgan fingerprint density at radius 3 is 2.80 bits per heavy atom. The van der Waals surface area contributed by atoms with Crippen molar-refractivity contribution in [1.29, 1.82) is 0 Å². The maximum atomic E-state index is 5.07. The van der Waals surface area contributed by atoms with E-state index in [1.807, 2.05) is 24.3 Å². The second-order valence-electron chi connectivity index (χ2n) is 2.94. The average Bonchev–Trinajstić information content (AvgIpc) is 2.77. The SMILES string of the molecule is COc1ccc(N2N=NNC2C=S)cc1. The lowest BCUT2D eigenvalue weighted by Gasteiger charge is -2.17. The number of ether oxygens (including phenoxy) is 1. The van der Waals surface area contributed by atoms with E-state index in [9.17, 15) is 0 Å². The van der Waals surface area contributed by atoms with Crippen molar-refractivity contribution in [3.63, 3.8) is 0 Å². The van der Waals surface area contributed by atoms with E-state index >= 15 is 0 Å². The standard InChI is InChI=1S/C9H10N4OS/c1-14-8-4-2-7(3-5-8)13-9(6-15)10-11-12-13/h2-6,9H,1H3,(H,10,12). The van der Waals surface area contributed by atoms with Crippen molar-refractivity contribution in [3.8, 4) is 5.75 Å². The van der Waals surface area contributed by atoms with Crippen LogP contribution in [-0.2, 0) is 0 Å². The third-order valence-corrected chi connectivity index (χ3v) is 2.32. The van der Waals surface area contributed by atoms with Crippen molar-refractivity contribution < 1.29 is 4.74 Å². The summed E-state index contributed by atoms with van der Waals surface area (Å²) in [6, 6.07) is 7.53. The monoisotopic (exact) mass is 222 g/mol. The highest BCUT2D eigenvalue weighted by molar-refractivity contribution is 7.79. The molecular formula is C9H10N4OS. The van der Waals surface area contributed by atoms with Crippen molar-refractivity contribution in [2.45, 2.75) is 6.17 Å². The first-order valence-electron chi connectivity index (χ1n) is 4.40. The van der Waals surface area contributed by atoms with Gasteiger partial charge in [0.1, 0.15) is 5.75 Å². The Hall–Kier alpha value is -1.69. The molecule has 1 aromatic rings. The fraction of sp³-hybridized carbons (Fsp3) is 0.222. The van der Waals surface area contributed by atoms with Gasteiger partial charge >= 0.3 is 0 Å². The minimum Gasteiger partial charge on any atom is -0.497 e. The third-order valence-electron chi connectivity index (χ3n) is 2.06. The number of methoxy groups -OCH3 is 1. The van der Waals surface area contributed by atoms with E-state index in [2.05, 4.69) is 15.9 Å². The number of thiocarbonyl (C=S) groups is 1. The largest absolute Gasteiger partial charge is 0.497 e. The Kier molecular flexibility index (Phi) is 2.77. The van der Waals surface area contributed by atoms with Crippen molar-refractivity contribution >= 4 is 23.3 Å². The molecule has 5 nitrogen and oxygen atoms in total. The van der Waals surface area contributed by atoms with Crippen LogP contribution in [0.1, 0.15) is 0 Å². The topological polar surface area (TPSA) is 49.2 Å². The van der Waals surface area contributed by atoms with E-state index in [1.165, 1.54) is 0 Å². The number of benzene rings is 1. The molecule has 0 amide bonds. The van der Waals surface area contributed by atoms with Crippen LogP contribution in [0.25, 0.3) is 0 Å². The number of anilines is 1. The summed E-state index contributed by atoms with van der Waals surface area (Å²) in [7, 11) is 1.63. The molecule has 78 valence electrons. The van der Waals surface area contributed by atoms with Crippen molar-refractivity contribution in [2.75, 3.05) is 12.1 Å². The number of rotatable bonds is 3. The van der Waals surface area contributed by atoms with Gasteiger partial charge in [-0.3, -0.25) is 5.43 Å². The van der Waals surface area contributed by atoms with Crippen LogP contribution in [0.4, 0.5) is 5.69 Å². The van der Waals surface area contributed by atoms with Gasteiger partial charge in [-0.2, -0.15) is 0 Å². The lowest BCUT2D eigenvalue weighted by atomic mass is 10.3. The highest BCUT2D eigenvalue weighted by Crippen LogP contribution is 2.22. The maximum absolute atomic E-state index is 5.07. The van der Waals surface area contributed by atoms with Crippen LogP contribution in [0, 0.1) is 0 Å². The van der Waals surface area contributed by atoms with Crippen LogP contribution in [0.5, 0.6) is 5.75 Å². The first kappa shape index (κ1) is 9.85. The van der Waals surface area contributed by atoms with Gasteiger partial charge in [-0.15, -0.1) is 0 Å². The predicted molar refractivity (Wildman–Crippen MR) is 60.9 cm³/mol. The fourth-order valence-corrected chi connectivity index (χ4v) is 1.45. The van der Waals surface area contributed by atoms with Gasteiger partial charge in [0.15, 0.2) is 6.17 Å². The molecule has 1 aliphatic rings. The molecule has 1 aliphatic heterocycles. The molecule has 1 N–H and O–H groups in total. The minimum absolute atomic E-state index is 0.159. The zero-order valence-corrected chi connectivity index (χ0v) is 8.94. The van der Waals surface area contributed by atoms with E-state index in [0.717, 1.165) is 11.4 Å². The summed E-state index contributed by atoms with van der Waals surface area (Å²) in [6.07, 6.45) is -0.159. The molecule has 0 fully saturated rings. The van der Waals surface area contributed by atoms with Crippen LogP contribution < -0.4 is 15.2 Å². The Bertz CT molecular complexity index is 378. The summed E-state index contributed by atoms with van der Waals surface area (Å²) in [4.78, 5) is 0. The molecular weight excluding hydrogens is 212 g/mol. The summed E-state index contributed by atoms with van der Waals surface area (Å²) >= 11 is 4.86. The average molecular weight is 222 g/mol. The Morgan fingerprint density at radius 1 is 1.47 bits per heavy atom. The zero-order chi connectivity index (χ0) is 10.7. The minimum atomic E-state index is -0.159. The molecule has 1 atom stereocenters. The molecule has 0 saturated carbocycles. The van der Waals surface area contributed by atoms with Gasteiger partial charge in [0.25, 0.3) is 0 Å². The van der Waals surface area contributed by atoms with Crippen LogP contribution in [0.3, 0.4) is 0 Å². The summed E-state index contributed by atoms with van der Waals surface area (Å²) < 4.78 is 5.07. The highest BCUT2D eigenvalue weighted by atomic mass is 32.1. The van der Waals surface area contributed by atoms with E-state index in [0.29, 0.717) is 0 Å². The lowest BCUT2D eigenvalue weighted by molar-refractivity contribution is 0.415. The second-order valence-corrected chi connectivity index (χ2v) is 3.21. The molecule has 0 spiro atoms.